The normalized spacial score (nSPS) is 15.5. The molecule has 3 aromatic rings. The third-order valence-corrected chi connectivity index (χ3v) is 5.65. The van der Waals surface area contributed by atoms with Crippen molar-refractivity contribution < 1.29 is 9.53 Å². The first-order chi connectivity index (χ1) is 12.3. The fraction of sp³-hybridized carbons (Fsp3) is 0.316. The van der Waals surface area contributed by atoms with Gasteiger partial charge in [-0.05, 0) is 18.4 Å². The summed E-state index contributed by atoms with van der Waals surface area (Å²) in [7, 11) is 1.46. The third-order valence-electron chi connectivity index (χ3n) is 4.76. The van der Waals surface area contributed by atoms with Gasteiger partial charge in [0.25, 0.3) is 0 Å². The van der Waals surface area contributed by atoms with Gasteiger partial charge < -0.3 is 9.64 Å². The minimum Gasteiger partial charge on any atom is -0.469 e. The average Bonchev–Trinajstić information content (AvgIpc) is 3.12. The Labute approximate surface area is 150 Å². The first kappa shape index (κ1) is 16.0. The van der Waals surface area contributed by atoms with Crippen molar-refractivity contribution in [3.05, 3.63) is 42.0 Å². The molecule has 5 nitrogen and oxygen atoms in total. The number of methoxy groups -OCH3 is 1. The molecule has 0 spiro atoms. The molecule has 3 heterocycles. The van der Waals surface area contributed by atoms with Crippen molar-refractivity contribution >= 4 is 33.3 Å². The van der Waals surface area contributed by atoms with Gasteiger partial charge in [-0.1, -0.05) is 30.3 Å². The molecule has 4 rings (SSSR count). The van der Waals surface area contributed by atoms with Gasteiger partial charge in [-0.25, -0.2) is 9.97 Å². The fourth-order valence-corrected chi connectivity index (χ4v) is 4.33. The Balaban J connectivity index is 1.69. The SMILES string of the molecule is COC(=O)C1CCN(c2ncnc3scc(-c4ccccc4)c23)CC1. The van der Waals surface area contributed by atoms with Gasteiger partial charge in [0.1, 0.15) is 17.0 Å². The molecule has 0 N–H and O–H groups in total. The summed E-state index contributed by atoms with van der Waals surface area (Å²) >= 11 is 1.64. The van der Waals surface area contributed by atoms with Crippen LogP contribution < -0.4 is 4.90 Å². The largest absolute Gasteiger partial charge is 0.469 e. The number of rotatable bonds is 3. The van der Waals surface area contributed by atoms with Crippen LogP contribution in [0.5, 0.6) is 0 Å². The lowest BCUT2D eigenvalue weighted by Gasteiger charge is -2.32. The van der Waals surface area contributed by atoms with Gasteiger partial charge in [-0.2, -0.15) is 0 Å². The highest BCUT2D eigenvalue weighted by atomic mass is 32.1. The number of piperidine rings is 1. The summed E-state index contributed by atoms with van der Waals surface area (Å²) < 4.78 is 4.88. The molecule has 1 aromatic carbocycles. The van der Waals surface area contributed by atoms with Crippen molar-refractivity contribution in [1.82, 2.24) is 9.97 Å². The molecule has 1 fully saturated rings. The Morgan fingerprint density at radius 1 is 1.20 bits per heavy atom. The van der Waals surface area contributed by atoms with Crippen molar-refractivity contribution in [2.24, 2.45) is 5.92 Å². The molecule has 0 unspecified atom stereocenters. The van der Waals surface area contributed by atoms with E-state index >= 15 is 0 Å². The molecule has 0 saturated carbocycles. The molecular weight excluding hydrogens is 334 g/mol. The molecule has 0 radical (unpaired) electrons. The number of carbonyl (C=O) groups is 1. The minimum absolute atomic E-state index is 0.00496. The van der Waals surface area contributed by atoms with E-state index in [4.69, 9.17) is 4.74 Å². The van der Waals surface area contributed by atoms with Crippen LogP contribution in [0.15, 0.2) is 42.0 Å². The van der Waals surface area contributed by atoms with Gasteiger partial charge in [-0.15, -0.1) is 11.3 Å². The Kier molecular flexibility index (Phi) is 4.36. The second-order valence-corrected chi connectivity index (χ2v) is 7.04. The standard InChI is InChI=1S/C19H19N3O2S/c1-24-19(23)14-7-9-22(10-8-14)17-16-15(13-5-3-2-4-6-13)11-25-18(16)21-12-20-17/h2-6,11-12,14H,7-10H2,1H3. The number of anilines is 1. The van der Waals surface area contributed by atoms with Gasteiger partial charge in [0.15, 0.2) is 0 Å². The predicted octanol–water partition coefficient (Wildman–Crippen LogP) is 3.75. The number of thiophene rings is 1. The highest BCUT2D eigenvalue weighted by Crippen LogP contribution is 2.38. The molecule has 128 valence electrons. The van der Waals surface area contributed by atoms with Crippen LogP contribution in [0.25, 0.3) is 21.3 Å². The van der Waals surface area contributed by atoms with Gasteiger partial charge in [0, 0.05) is 24.0 Å². The summed E-state index contributed by atoms with van der Waals surface area (Å²) in [5.41, 5.74) is 2.35. The molecule has 1 aliphatic heterocycles. The molecule has 1 saturated heterocycles. The number of hydrogen-bond acceptors (Lipinski definition) is 6. The van der Waals surface area contributed by atoms with E-state index in [0.717, 1.165) is 42.0 Å². The maximum Gasteiger partial charge on any atom is 0.308 e. The Hall–Kier alpha value is -2.47. The van der Waals surface area contributed by atoms with Crippen LogP contribution in [0.4, 0.5) is 5.82 Å². The monoisotopic (exact) mass is 353 g/mol. The molecular formula is C19H19N3O2S. The molecule has 0 atom stereocenters. The Morgan fingerprint density at radius 3 is 2.68 bits per heavy atom. The van der Waals surface area contributed by atoms with E-state index in [-0.39, 0.29) is 11.9 Å². The average molecular weight is 353 g/mol. The fourth-order valence-electron chi connectivity index (χ4n) is 3.42. The van der Waals surface area contributed by atoms with Crippen LogP contribution in [-0.2, 0) is 9.53 Å². The zero-order valence-electron chi connectivity index (χ0n) is 14.0. The third kappa shape index (κ3) is 2.98. The van der Waals surface area contributed by atoms with E-state index < -0.39 is 0 Å². The summed E-state index contributed by atoms with van der Waals surface area (Å²) in [6.07, 6.45) is 3.22. The summed E-state index contributed by atoms with van der Waals surface area (Å²) in [6.45, 7) is 1.60. The van der Waals surface area contributed by atoms with Crippen LogP contribution in [0.2, 0.25) is 0 Å². The van der Waals surface area contributed by atoms with E-state index in [1.807, 2.05) is 18.2 Å². The number of nitrogens with zero attached hydrogens (tertiary/aromatic N) is 3. The van der Waals surface area contributed by atoms with Crippen molar-refractivity contribution in [3.8, 4) is 11.1 Å². The maximum absolute atomic E-state index is 11.8. The molecule has 0 amide bonds. The van der Waals surface area contributed by atoms with E-state index in [1.165, 1.54) is 18.2 Å². The smallest absolute Gasteiger partial charge is 0.308 e. The van der Waals surface area contributed by atoms with Gasteiger partial charge in [0.05, 0.1) is 18.4 Å². The summed E-state index contributed by atoms with van der Waals surface area (Å²) in [4.78, 5) is 24.1. The molecule has 2 aromatic heterocycles. The van der Waals surface area contributed by atoms with Crippen LogP contribution in [0, 0.1) is 5.92 Å². The summed E-state index contributed by atoms with van der Waals surface area (Å²) in [6, 6.07) is 10.3. The van der Waals surface area contributed by atoms with Gasteiger partial charge in [0.2, 0.25) is 0 Å². The molecule has 1 aliphatic rings. The van der Waals surface area contributed by atoms with Crippen LogP contribution in [0.1, 0.15) is 12.8 Å². The number of fused-ring (bicyclic) bond motifs is 1. The second kappa shape index (κ2) is 6.80. The first-order valence-electron chi connectivity index (χ1n) is 8.38. The number of esters is 1. The molecule has 0 aliphatic carbocycles. The highest BCUT2D eigenvalue weighted by Gasteiger charge is 2.27. The summed E-state index contributed by atoms with van der Waals surface area (Å²) in [5.74, 6) is 0.857. The lowest BCUT2D eigenvalue weighted by Crippen LogP contribution is -2.37. The van der Waals surface area contributed by atoms with Crippen LogP contribution >= 0.6 is 11.3 Å². The zero-order chi connectivity index (χ0) is 17.2. The van der Waals surface area contributed by atoms with Crippen LogP contribution in [-0.4, -0.2) is 36.1 Å². The maximum atomic E-state index is 11.8. The van der Waals surface area contributed by atoms with E-state index in [0.29, 0.717) is 0 Å². The number of hydrogen-bond donors (Lipinski definition) is 0. The van der Waals surface area contributed by atoms with Gasteiger partial charge >= 0.3 is 5.97 Å². The van der Waals surface area contributed by atoms with Crippen molar-refractivity contribution in [2.45, 2.75) is 12.8 Å². The zero-order valence-corrected chi connectivity index (χ0v) is 14.8. The van der Waals surface area contributed by atoms with E-state index in [2.05, 4.69) is 32.4 Å². The molecule has 25 heavy (non-hydrogen) atoms. The molecule has 6 heteroatoms. The predicted molar refractivity (Wildman–Crippen MR) is 99.8 cm³/mol. The topological polar surface area (TPSA) is 55.3 Å². The number of benzene rings is 1. The highest BCUT2D eigenvalue weighted by molar-refractivity contribution is 7.17. The van der Waals surface area contributed by atoms with E-state index in [9.17, 15) is 4.79 Å². The lowest BCUT2D eigenvalue weighted by molar-refractivity contribution is -0.146. The van der Waals surface area contributed by atoms with Crippen molar-refractivity contribution in [1.29, 1.82) is 0 Å². The van der Waals surface area contributed by atoms with Crippen molar-refractivity contribution in [2.75, 3.05) is 25.1 Å². The van der Waals surface area contributed by atoms with Gasteiger partial charge in [-0.3, -0.25) is 4.79 Å². The number of carbonyl (C=O) groups excluding carboxylic acids is 1. The Bertz CT molecular complexity index is 886. The molecule has 0 bridgehead atoms. The van der Waals surface area contributed by atoms with E-state index in [1.54, 1.807) is 17.7 Å². The number of aromatic nitrogens is 2. The Morgan fingerprint density at radius 2 is 1.96 bits per heavy atom. The van der Waals surface area contributed by atoms with Crippen molar-refractivity contribution in [3.63, 3.8) is 0 Å². The second-order valence-electron chi connectivity index (χ2n) is 6.18. The quantitative estimate of drug-likeness (QED) is 0.671. The first-order valence-corrected chi connectivity index (χ1v) is 9.26. The number of ether oxygens (including phenoxy) is 1. The van der Waals surface area contributed by atoms with Crippen LogP contribution in [0.3, 0.4) is 0 Å². The minimum atomic E-state index is -0.104. The summed E-state index contributed by atoms with van der Waals surface area (Å²) in [5, 5.41) is 3.26. The lowest BCUT2D eigenvalue weighted by atomic mass is 9.96.